The van der Waals surface area contributed by atoms with E-state index in [0.29, 0.717) is 17.8 Å². The summed E-state index contributed by atoms with van der Waals surface area (Å²) in [6, 6.07) is 10.1. The van der Waals surface area contributed by atoms with Crippen LogP contribution in [0.3, 0.4) is 0 Å². The maximum atomic E-state index is 11.9. The van der Waals surface area contributed by atoms with Gasteiger partial charge in [-0.2, -0.15) is 0 Å². The maximum absolute atomic E-state index is 11.9. The van der Waals surface area contributed by atoms with Gasteiger partial charge in [0, 0.05) is 29.7 Å². The van der Waals surface area contributed by atoms with Gasteiger partial charge in [-0.1, -0.05) is 12.1 Å². The van der Waals surface area contributed by atoms with Gasteiger partial charge in [0.1, 0.15) is 0 Å². The van der Waals surface area contributed by atoms with Crippen LogP contribution in [0.15, 0.2) is 41.8 Å². The van der Waals surface area contributed by atoms with E-state index in [1.165, 1.54) is 18.3 Å². The Morgan fingerprint density at radius 1 is 1.08 bits per heavy atom. The lowest BCUT2D eigenvalue weighted by molar-refractivity contribution is -0.136. The number of aliphatic hydroxyl groups excluding tert-OH is 1. The highest BCUT2D eigenvalue weighted by Gasteiger charge is 2.15. The van der Waals surface area contributed by atoms with E-state index in [2.05, 4.69) is 16.0 Å². The zero-order valence-corrected chi connectivity index (χ0v) is 14.4. The predicted molar refractivity (Wildman–Crippen MR) is 96.3 cm³/mol. The number of anilines is 2. The molecule has 0 bridgehead atoms. The molecule has 4 N–H and O–H groups in total. The predicted octanol–water partition coefficient (Wildman–Crippen LogP) is 1.88. The molecular weight excluding hydrogens is 342 g/mol. The minimum absolute atomic E-state index is 0.178. The van der Waals surface area contributed by atoms with Crippen molar-refractivity contribution in [3.8, 4) is 0 Å². The minimum Gasteiger partial charge on any atom is -0.388 e. The highest BCUT2D eigenvalue weighted by Crippen LogP contribution is 2.20. The molecular formula is C17H19N3O4S. The molecule has 1 aromatic heterocycles. The summed E-state index contributed by atoms with van der Waals surface area (Å²) in [6.07, 6.45) is -0.352. The largest absolute Gasteiger partial charge is 0.388 e. The first-order valence-electron chi connectivity index (χ1n) is 7.64. The molecule has 8 heteroatoms. The Labute approximate surface area is 149 Å². The van der Waals surface area contributed by atoms with Gasteiger partial charge in [-0.15, -0.1) is 11.3 Å². The van der Waals surface area contributed by atoms with Gasteiger partial charge < -0.3 is 21.1 Å². The summed E-state index contributed by atoms with van der Waals surface area (Å²) in [6.45, 7) is 1.56. The normalized spacial score (nSPS) is 11.4. The molecule has 2 aromatic rings. The first-order chi connectivity index (χ1) is 12.0. The van der Waals surface area contributed by atoms with E-state index in [1.54, 1.807) is 24.3 Å². The van der Waals surface area contributed by atoms with Gasteiger partial charge in [-0.25, -0.2) is 0 Å². The summed E-state index contributed by atoms with van der Waals surface area (Å²) in [7, 11) is 0. The Morgan fingerprint density at radius 2 is 1.80 bits per heavy atom. The molecule has 0 fully saturated rings. The number of hydrogen-bond donors (Lipinski definition) is 4. The number of carbonyl (C=O) groups is 3. The summed E-state index contributed by atoms with van der Waals surface area (Å²) in [5.41, 5.74) is 0.912. The topological polar surface area (TPSA) is 108 Å². The van der Waals surface area contributed by atoms with Crippen molar-refractivity contribution in [1.82, 2.24) is 5.32 Å². The number of carbonyl (C=O) groups excluding carboxylic acids is 3. The van der Waals surface area contributed by atoms with E-state index < -0.39 is 17.9 Å². The van der Waals surface area contributed by atoms with Crippen LogP contribution < -0.4 is 16.0 Å². The minimum atomic E-state index is -0.814. The van der Waals surface area contributed by atoms with Crippen LogP contribution in [-0.2, 0) is 14.4 Å². The van der Waals surface area contributed by atoms with E-state index in [1.807, 2.05) is 17.5 Å². The quantitative estimate of drug-likeness (QED) is 0.589. The third-order valence-electron chi connectivity index (χ3n) is 3.22. The van der Waals surface area contributed by atoms with Gasteiger partial charge in [-0.05, 0) is 36.1 Å². The molecule has 0 aliphatic heterocycles. The van der Waals surface area contributed by atoms with Crippen LogP contribution in [0.2, 0.25) is 0 Å². The lowest BCUT2D eigenvalue weighted by atomic mass is 10.2. The number of hydrogen-bond acceptors (Lipinski definition) is 5. The molecule has 132 valence electrons. The van der Waals surface area contributed by atoms with Crippen molar-refractivity contribution in [1.29, 1.82) is 0 Å². The smallest absolute Gasteiger partial charge is 0.313 e. The van der Waals surface area contributed by atoms with Crippen molar-refractivity contribution < 1.29 is 19.5 Å². The highest BCUT2D eigenvalue weighted by molar-refractivity contribution is 7.10. The van der Waals surface area contributed by atoms with Gasteiger partial charge in [0.15, 0.2) is 0 Å². The monoisotopic (exact) mass is 361 g/mol. The van der Waals surface area contributed by atoms with Crippen LogP contribution in [0.25, 0.3) is 0 Å². The van der Waals surface area contributed by atoms with E-state index in [0.717, 1.165) is 4.88 Å². The summed E-state index contributed by atoms with van der Waals surface area (Å²) >= 11 is 1.43. The standard InChI is InChI=1S/C17H19N3O4S/c1-11(21)19-12-4-2-5-13(10-12)20-17(24)16(23)18-8-7-14(22)15-6-3-9-25-15/h2-6,9-10,14,22H,7-8H2,1H3,(H,18,23)(H,19,21)(H,20,24). The molecule has 7 nitrogen and oxygen atoms in total. The van der Waals surface area contributed by atoms with Crippen molar-refractivity contribution in [2.24, 2.45) is 0 Å². The molecule has 1 aromatic carbocycles. The summed E-state index contributed by atoms with van der Waals surface area (Å²) < 4.78 is 0. The summed E-state index contributed by atoms with van der Waals surface area (Å²) in [5.74, 6) is -1.83. The molecule has 1 unspecified atom stereocenters. The third-order valence-corrected chi connectivity index (χ3v) is 4.20. The maximum Gasteiger partial charge on any atom is 0.313 e. The van der Waals surface area contributed by atoms with E-state index in [9.17, 15) is 19.5 Å². The van der Waals surface area contributed by atoms with E-state index in [-0.39, 0.29) is 12.5 Å². The number of nitrogens with one attached hydrogen (secondary N) is 3. The average molecular weight is 361 g/mol. The number of rotatable bonds is 6. The lowest BCUT2D eigenvalue weighted by Crippen LogP contribution is -2.36. The Morgan fingerprint density at radius 3 is 2.44 bits per heavy atom. The average Bonchev–Trinajstić information content (AvgIpc) is 3.08. The van der Waals surface area contributed by atoms with E-state index in [4.69, 9.17) is 0 Å². The second kappa shape index (κ2) is 8.95. The van der Waals surface area contributed by atoms with Gasteiger partial charge in [0.25, 0.3) is 0 Å². The molecule has 0 aliphatic carbocycles. The Kier molecular flexibility index (Phi) is 6.67. The van der Waals surface area contributed by atoms with Crippen LogP contribution in [0.4, 0.5) is 11.4 Å². The zero-order chi connectivity index (χ0) is 18.2. The number of benzene rings is 1. The summed E-state index contributed by atoms with van der Waals surface area (Å²) in [4.78, 5) is 35.5. The van der Waals surface area contributed by atoms with Crippen molar-refractivity contribution in [3.63, 3.8) is 0 Å². The number of thiophene rings is 1. The fourth-order valence-electron chi connectivity index (χ4n) is 2.09. The van der Waals surface area contributed by atoms with Crippen LogP contribution in [0, 0.1) is 0 Å². The molecule has 2 rings (SSSR count). The molecule has 0 saturated carbocycles. The van der Waals surface area contributed by atoms with Crippen LogP contribution >= 0.6 is 11.3 Å². The first kappa shape index (κ1) is 18.6. The van der Waals surface area contributed by atoms with E-state index >= 15 is 0 Å². The van der Waals surface area contributed by atoms with Crippen molar-refractivity contribution >= 4 is 40.4 Å². The first-order valence-corrected chi connectivity index (χ1v) is 8.52. The van der Waals surface area contributed by atoms with Gasteiger partial charge >= 0.3 is 11.8 Å². The second-order valence-electron chi connectivity index (χ2n) is 5.29. The molecule has 0 radical (unpaired) electrons. The third kappa shape index (κ3) is 6.02. The Hall–Kier alpha value is -2.71. The Bertz CT molecular complexity index is 746. The lowest BCUT2D eigenvalue weighted by Gasteiger charge is -2.10. The van der Waals surface area contributed by atoms with Crippen molar-refractivity contribution in [3.05, 3.63) is 46.7 Å². The Balaban J connectivity index is 1.80. The fraction of sp³-hybridized carbons (Fsp3) is 0.235. The fourth-order valence-corrected chi connectivity index (χ4v) is 2.84. The van der Waals surface area contributed by atoms with Crippen LogP contribution in [0.5, 0.6) is 0 Å². The molecule has 1 heterocycles. The van der Waals surface area contributed by atoms with Crippen molar-refractivity contribution in [2.75, 3.05) is 17.2 Å². The highest BCUT2D eigenvalue weighted by atomic mass is 32.1. The van der Waals surface area contributed by atoms with Gasteiger partial charge in [-0.3, -0.25) is 14.4 Å². The molecule has 3 amide bonds. The molecule has 0 spiro atoms. The van der Waals surface area contributed by atoms with Crippen LogP contribution in [-0.4, -0.2) is 29.4 Å². The number of aliphatic hydroxyl groups is 1. The number of amides is 3. The molecule has 0 aliphatic rings. The second-order valence-corrected chi connectivity index (χ2v) is 6.27. The SMILES string of the molecule is CC(=O)Nc1cccc(NC(=O)C(=O)NCCC(O)c2cccs2)c1. The molecule has 25 heavy (non-hydrogen) atoms. The molecule has 0 saturated heterocycles. The van der Waals surface area contributed by atoms with Gasteiger partial charge in [0.2, 0.25) is 5.91 Å². The summed E-state index contributed by atoms with van der Waals surface area (Å²) in [5, 5.41) is 19.3. The molecule has 1 atom stereocenters. The van der Waals surface area contributed by atoms with Gasteiger partial charge in [0.05, 0.1) is 6.10 Å². The van der Waals surface area contributed by atoms with Crippen molar-refractivity contribution in [2.45, 2.75) is 19.4 Å². The van der Waals surface area contributed by atoms with Crippen LogP contribution in [0.1, 0.15) is 24.3 Å². The zero-order valence-electron chi connectivity index (χ0n) is 13.6.